The fraction of sp³-hybridized carbons (Fsp3) is 0.889. The molecule has 0 aromatic heterocycles. The molecule has 2 aliphatic carbocycles. The van der Waals surface area contributed by atoms with Gasteiger partial charge in [-0.1, -0.05) is 6.92 Å². The van der Waals surface area contributed by atoms with E-state index in [1.807, 2.05) is 0 Å². The fourth-order valence-electron chi connectivity index (χ4n) is 3.13. The normalized spacial score (nSPS) is 47.4. The first-order chi connectivity index (χ1) is 5.54. The molecule has 0 heterocycles. The molecule has 0 aromatic rings. The quantitative estimate of drug-likeness (QED) is 0.678. The number of hydrogen-bond acceptors (Lipinski definition) is 2. The third-order valence-corrected chi connectivity index (χ3v) is 3.76. The summed E-state index contributed by atoms with van der Waals surface area (Å²) in [6.45, 7) is 2.07. The third-order valence-electron chi connectivity index (χ3n) is 3.76. The molecule has 0 radical (unpaired) electrons. The van der Waals surface area contributed by atoms with Gasteiger partial charge in [0.15, 0.2) is 0 Å². The molecular weight excluding hydrogens is 190 g/mol. The Kier molecular flexibility index (Phi) is 2.61. The van der Waals surface area contributed by atoms with Gasteiger partial charge in [0.05, 0.1) is 5.92 Å². The van der Waals surface area contributed by atoms with E-state index in [-0.39, 0.29) is 29.8 Å². The van der Waals surface area contributed by atoms with Gasteiger partial charge in [0, 0.05) is 6.04 Å². The molecule has 0 amide bonds. The lowest BCUT2D eigenvalue weighted by atomic mass is 9.75. The maximum Gasteiger partial charge on any atom is 0.308 e. The van der Waals surface area contributed by atoms with Crippen molar-refractivity contribution in [2.24, 2.45) is 23.0 Å². The van der Waals surface area contributed by atoms with Gasteiger partial charge in [0.1, 0.15) is 0 Å². The van der Waals surface area contributed by atoms with Gasteiger partial charge in [-0.15, -0.1) is 12.4 Å². The van der Waals surface area contributed by atoms with E-state index in [1.54, 1.807) is 0 Å². The van der Waals surface area contributed by atoms with E-state index in [0.29, 0.717) is 5.92 Å². The van der Waals surface area contributed by atoms with E-state index in [9.17, 15) is 4.79 Å². The molecular formula is C9H16ClNO2. The molecule has 2 rings (SSSR count). The Morgan fingerprint density at radius 1 is 1.62 bits per heavy atom. The average molecular weight is 206 g/mol. The number of carboxylic acids is 1. The molecule has 3 N–H and O–H groups in total. The Labute approximate surface area is 84.1 Å². The Balaban J connectivity index is 0.000000845. The number of rotatable bonds is 1. The monoisotopic (exact) mass is 205 g/mol. The van der Waals surface area contributed by atoms with Crippen molar-refractivity contribution in [2.45, 2.75) is 32.2 Å². The van der Waals surface area contributed by atoms with Gasteiger partial charge in [-0.3, -0.25) is 4.79 Å². The summed E-state index contributed by atoms with van der Waals surface area (Å²) in [5.74, 6) is -0.528. The molecule has 76 valence electrons. The lowest BCUT2D eigenvalue weighted by Crippen LogP contribution is -2.43. The summed E-state index contributed by atoms with van der Waals surface area (Å²) in [5, 5.41) is 8.99. The van der Waals surface area contributed by atoms with Crippen molar-refractivity contribution in [3.8, 4) is 0 Å². The third kappa shape index (κ3) is 1.34. The summed E-state index contributed by atoms with van der Waals surface area (Å²) < 4.78 is 0. The maximum atomic E-state index is 10.9. The van der Waals surface area contributed by atoms with E-state index in [2.05, 4.69) is 6.92 Å². The van der Waals surface area contributed by atoms with Gasteiger partial charge in [-0.25, -0.2) is 0 Å². The molecule has 4 heteroatoms. The summed E-state index contributed by atoms with van der Waals surface area (Å²) >= 11 is 0. The van der Waals surface area contributed by atoms with Crippen LogP contribution in [0.25, 0.3) is 0 Å². The second-order valence-corrected chi connectivity index (χ2v) is 4.55. The van der Waals surface area contributed by atoms with Gasteiger partial charge in [0.25, 0.3) is 0 Å². The zero-order valence-electron chi connectivity index (χ0n) is 7.69. The summed E-state index contributed by atoms with van der Waals surface area (Å²) in [4.78, 5) is 10.9. The molecule has 4 atom stereocenters. The average Bonchev–Trinajstić information content (AvgIpc) is 2.40. The minimum atomic E-state index is -0.702. The Hall–Kier alpha value is -0.280. The second-order valence-electron chi connectivity index (χ2n) is 4.55. The Bertz CT molecular complexity index is 234. The van der Waals surface area contributed by atoms with Crippen LogP contribution in [0.2, 0.25) is 0 Å². The van der Waals surface area contributed by atoms with Crippen LogP contribution in [0.3, 0.4) is 0 Å². The molecule has 2 fully saturated rings. The molecule has 0 saturated heterocycles. The van der Waals surface area contributed by atoms with Crippen LogP contribution in [-0.2, 0) is 4.79 Å². The molecule has 2 saturated carbocycles. The molecule has 13 heavy (non-hydrogen) atoms. The summed E-state index contributed by atoms with van der Waals surface area (Å²) in [6.07, 6.45) is 3.19. The van der Waals surface area contributed by atoms with Crippen molar-refractivity contribution >= 4 is 18.4 Å². The van der Waals surface area contributed by atoms with Gasteiger partial charge in [-0.05, 0) is 30.6 Å². The number of hydrogen-bond donors (Lipinski definition) is 2. The molecule has 2 aliphatic rings. The summed E-state index contributed by atoms with van der Waals surface area (Å²) in [5.41, 5.74) is 5.87. The van der Waals surface area contributed by atoms with E-state index in [0.717, 1.165) is 19.3 Å². The van der Waals surface area contributed by atoms with Crippen molar-refractivity contribution in [3.05, 3.63) is 0 Å². The highest BCUT2D eigenvalue weighted by Gasteiger charge is 2.56. The van der Waals surface area contributed by atoms with Crippen LogP contribution in [0.1, 0.15) is 26.2 Å². The SMILES string of the molecule is C[C@]12CC[C@H](C1)[C@@H](N)[C@H]2C(=O)O.Cl. The van der Waals surface area contributed by atoms with E-state index in [4.69, 9.17) is 10.8 Å². The Morgan fingerprint density at radius 3 is 2.54 bits per heavy atom. The maximum absolute atomic E-state index is 10.9. The van der Waals surface area contributed by atoms with Crippen molar-refractivity contribution in [1.82, 2.24) is 0 Å². The molecule has 0 aliphatic heterocycles. The van der Waals surface area contributed by atoms with Crippen LogP contribution < -0.4 is 5.73 Å². The number of carboxylic acid groups (broad SMARTS) is 1. The zero-order chi connectivity index (χ0) is 8.93. The highest BCUT2D eigenvalue weighted by Crippen LogP contribution is 2.56. The summed E-state index contributed by atoms with van der Waals surface area (Å²) in [6, 6.07) is -0.0961. The van der Waals surface area contributed by atoms with Gasteiger partial charge < -0.3 is 10.8 Å². The number of aliphatic carboxylic acids is 1. The fourth-order valence-corrected chi connectivity index (χ4v) is 3.13. The highest BCUT2D eigenvalue weighted by atomic mass is 35.5. The van der Waals surface area contributed by atoms with Crippen LogP contribution in [0.5, 0.6) is 0 Å². The van der Waals surface area contributed by atoms with E-state index in [1.165, 1.54) is 0 Å². The Morgan fingerprint density at radius 2 is 2.23 bits per heavy atom. The predicted octanol–water partition coefficient (Wildman–Crippen LogP) is 1.26. The number of halogens is 1. The second kappa shape index (κ2) is 3.14. The van der Waals surface area contributed by atoms with Crippen molar-refractivity contribution in [3.63, 3.8) is 0 Å². The van der Waals surface area contributed by atoms with Crippen LogP contribution in [0.15, 0.2) is 0 Å². The van der Waals surface area contributed by atoms with Gasteiger partial charge >= 0.3 is 5.97 Å². The number of carbonyl (C=O) groups is 1. The van der Waals surface area contributed by atoms with Gasteiger partial charge in [-0.2, -0.15) is 0 Å². The first-order valence-electron chi connectivity index (χ1n) is 4.53. The largest absolute Gasteiger partial charge is 0.481 e. The zero-order valence-corrected chi connectivity index (χ0v) is 8.51. The minimum absolute atomic E-state index is 0. The number of nitrogens with two attached hydrogens (primary N) is 1. The van der Waals surface area contributed by atoms with Crippen LogP contribution in [0.4, 0.5) is 0 Å². The molecule has 0 unspecified atom stereocenters. The molecule has 0 spiro atoms. The lowest BCUT2D eigenvalue weighted by Gasteiger charge is -2.31. The van der Waals surface area contributed by atoms with Crippen LogP contribution in [0, 0.1) is 17.3 Å². The smallest absolute Gasteiger partial charge is 0.308 e. The van der Waals surface area contributed by atoms with Gasteiger partial charge in [0.2, 0.25) is 0 Å². The topological polar surface area (TPSA) is 63.3 Å². The van der Waals surface area contributed by atoms with E-state index < -0.39 is 5.97 Å². The lowest BCUT2D eigenvalue weighted by molar-refractivity contribution is -0.146. The first-order valence-corrected chi connectivity index (χ1v) is 4.53. The standard InChI is InChI=1S/C9H15NO2.ClH/c1-9-3-2-5(4-9)7(10)6(9)8(11)12;/h5-7H,2-4,10H2,1H3,(H,11,12);1H/t5-,6+,7-,9+;/m1./s1. The van der Waals surface area contributed by atoms with E-state index >= 15 is 0 Å². The molecule has 2 bridgehead atoms. The van der Waals surface area contributed by atoms with Crippen molar-refractivity contribution in [2.75, 3.05) is 0 Å². The molecule has 0 aromatic carbocycles. The van der Waals surface area contributed by atoms with Crippen molar-refractivity contribution < 1.29 is 9.90 Å². The number of fused-ring (bicyclic) bond motifs is 2. The van der Waals surface area contributed by atoms with Crippen LogP contribution >= 0.6 is 12.4 Å². The van der Waals surface area contributed by atoms with Crippen molar-refractivity contribution in [1.29, 1.82) is 0 Å². The van der Waals surface area contributed by atoms with Crippen LogP contribution in [-0.4, -0.2) is 17.1 Å². The summed E-state index contributed by atoms with van der Waals surface area (Å²) in [7, 11) is 0. The predicted molar refractivity (Wildman–Crippen MR) is 51.8 cm³/mol. The molecule has 3 nitrogen and oxygen atoms in total. The highest BCUT2D eigenvalue weighted by molar-refractivity contribution is 5.85. The minimum Gasteiger partial charge on any atom is -0.481 e. The first kappa shape index (κ1) is 10.8.